The minimum atomic E-state index is -0.402. The third kappa shape index (κ3) is 6.14. The van der Waals surface area contributed by atoms with Crippen LogP contribution in [-0.2, 0) is 15.0 Å². The van der Waals surface area contributed by atoms with Gasteiger partial charge in [-0.3, -0.25) is 9.59 Å². The lowest BCUT2D eigenvalue weighted by Crippen LogP contribution is -2.37. The largest absolute Gasteiger partial charge is 0.484 e. The van der Waals surface area contributed by atoms with Crippen LogP contribution in [0.3, 0.4) is 0 Å². The number of anilines is 1. The number of rotatable bonds is 6. The standard InChI is InChI=1S/C21H24Cl2N2O3/c1-21(2,3)14-8-10-15(11-9-14)28-13-19(27)25(4)12-18(26)24-20-16(22)6-5-7-17(20)23/h5-11H,12-13H2,1-4H3,(H,24,26). The van der Waals surface area contributed by atoms with Crippen LogP contribution in [0.25, 0.3) is 0 Å². The highest BCUT2D eigenvalue weighted by Crippen LogP contribution is 2.29. The Morgan fingerprint density at radius 2 is 1.61 bits per heavy atom. The molecule has 1 N–H and O–H groups in total. The van der Waals surface area contributed by atoms with Crippen molar-refractivity contribution in [2.45, 2.75) is 26.2 Å². The number of nitrogens with zero attached hydrogens (tertiary/aromatic N) is 1. The summed E-state index contributed by atoms with van der Waals surface area (Å²) in [5.41, 5.74) is 1.55. The maximum absolute atomic E-state index is 12.2. The van der Waals surface area contributed by atoms with Crippen molar-refractivity contribution in [3.8, 4) is 5.75 Å². The zero-order chi connectivity index (χ0) is 20.9. The van der Waals surface area contributed by atoms with Gasteiger partial charge in [0.1, 0.15) is 5.75 Å². The van der Waals surface area contributed by atoms with Crippen LogP contribution in [0.15, 0.2) is 42.5 Å². The number of carbonyl (C=O) groups is 2. The molecule has 5 nitrogen and oxygen atoms in total. The van der Waals surface area contributed by atoms with E-state index in [2.05, 4.69) is 26.1 Å². The molecule has 28 heavy (non-hydrogen) atoms. The van der Waals surface area contributed by atoms with Crippen molar-refractivity contribution in [3.63, 3.8) is 0 Å². The summed E-state index contributed by atoms with van der Waals surface area (Å²) in [5, 5.41) is 3.28. The van der Waals surface area contributed by atoms with Crippen LogP contribution >= 0.6 is 23.2 Å². The Balaban J connectivity index is 1.86. The molecule has 0 heterocycles. The van der Waals surface area contributed by atoms with Gasteiger partial charge in [0.15, 0.2) is 6.61 Å². The number of likely N-dealkylation sites (N-methyl/N-ethyl adjacent to an activating group) is 1. The first kappa shape index (κ1) is 22.1. The van der Waals surface area contributed by atoms with E-state index in [1.807, 2.05) is 24.3 Å². The van der Waals surface area contributed by atoms with Crippen molar-refractivity contribution in [2.75, 3.05) is 25.5 Å². The lowest BCUT2D eigenvalue weighted by molar-refractivity contribution is -0.135. The van der Waals surface area contributed by atoms with Crippen LogP contribution in [0.2, 0.25) is 10.0 Å². The number of carbonyl (C=O) groups excluding carboxylic acids is 2. The minimum absolute atomic E-state index is 0.0481. The molecule has 0 aromatic heterocycles. The van der Waals surface area contributed by atoms with Crippen molar-refractivity contribution in [2.24, 2.45) is 0 Å². The monoisotopic (exact) mass is 422 g/mol. The molecule has 150 valence electrons. The predicted octanol–water partition coefficient (Wildman–Crippen LogP) is 4.77. The molecule has 0 aliphatic heterocycles. The first-order valence-electron chi connectivity index (χ1n) is 8.79. The van der Waals surface area contributed by atoms with Gasteiger partial charge in [-0.15, -0.1) is 0 Å². The van der Waals surface area contributed by atoms with E-state index in [1.54, 1.807) is 18.2 Å². The number of hydrogen-bond donors (Lipinski definition) is 1. The first-order valence-corrected chi connectivity index (χ1v) is 9.54. The second-order valence-electron chi connectivity index (χ2n) is 7.46. The number of ether oxygens (including phenoxy) is 1. The maximum atomic E-state index is 12.2. The summed E-state index contributed by atoms with van der Waals surface area (Å²) >= 11 is 12.1. The van der Waals surface area contributed by atoms with Crippen molar-refractivity contribution in [3.05, 3.63) is 58.1 Å². The highest BCUT2D eigenvalue weighted by Gasteiger charge is 2.17. The van der Waals surface area contributed by atoms with E-state index in [1.165, 1.54) is 17.5 Å². The third-order valence-corrected chi connectivity index (χ3v) is 4.75. The van der Waals surface area contributed by atoms with Crippen molar-refractivity contribution >= 4 is 40.7 Å². The van der Waals surface area contributed by atoms with Gasteiger partial charge >= 0.3 is 0 Å². The van der Waals surface area contributed by atoms with Crippen LogP contribution in [0, 0.1) is 0 Å². The van der Waals surface area contributed by atoms with Gasteiger partial charge < -0.3 is 15.0 Å². The van der Waals surface area contributed by atoms with E-state index in [0.29, 0.717) is 21.5 Å². The Bertz CT molecular complexity index is 825. The molecule has 0 fully saturated rings. The second-order valence-corrected chi connectivity index (χ2v) is 8.27. The molecule has 0 aliphatic rings. The fourth-order valence-electron chi connectivity index (χ4n) is 2.41. The number of benzene rings is 2. The highest BCUT2D eigenvalue weighted by atomic mass is 35.5. The van der Waals surface area contributed by atoms with Gasteiger partial charge in [-0.25, -0.2) is 0 Å². The minimum Gasteiger partial charge on any atom is -0.484 e. The van der Waals surface area contributed by atoms with E-state index in [0.717, 1.165) is 0 Å². The predicted molar refractivity (Wildman–Crippen MR) is 113 cm³/mol. The number of amides is 2. The summed E-state index contributed by atoms with van der Waals surface area (Å²) in [7, 11) is 1.53. The average molecular weight is 423 g/mol. The fourth-order valence-corrected chi connectivity index (χ4v) is 2.90. The zero-order valence-corrected chi connectivity index (χ0v) is 17.9. The summed E-state index contributed by atoms with van der Waals surface area (Å²) in [4.78, 5) is 25.7. The molecule has 2 rings (SSSR count). The summed E-state index contributed by atoms with van der Waals surface area (Å²) in [6.07, 6.45) is 0. The van der Waals surface area contributed by atoms with Gasteiger partial charge in [-0.1, -0.05) is 62.2 Å². The molecule has 0 aliphatic carbocycles. The van der Waals surface area contributed by atoms with E-state index in [-0.39, 0.29) is 24.5 Å². The van der Waals surface area contributed by atoms with Gasteiger partial charge in [0, 0.05) is 7.05 Å². The second kappa shape index (κ2) is 9.30. The maximum Gasteiger partial charge on any atom is 0.260 e. The molecule has 0 bridgehead atoms. The topological polar surface area (TPSA) is 58.6 Å². The van der Waals surface area contributed by atoms with Gasteiger partial charge in [-0.2, -0.15) is 0 Å². The Hall–Kier alpha value is -2.24. The van der Waals surface area contributed by atoms with Gasteiger partial charge in [0.05, 0.1) is 22.3 Å². The normalized spacial score (nSPS) is 11.1. The Morgan fingerprint density at radius 1 is 1.04 bits per heavy atom. The Labute approximate surface area is 175 Å². The average Bonchev–Trinajstić information content (AvgIpc) is 2.62. The number of nitrogens with one attached hydrogen (secondary N) is 1. The molecule has 0 atom stereocenters. The SMILES string of the molecule is CN(CC(=O)Nc1c(Cl)cccc1Cl)C(=O)COc1ccc(C(C)(C)C)cc1. The molecule has 0 spiro atoms. The molecule has 2 aromatic rings. The fraction of sp³-hybridized carbons (Fsp3) is 0.333. The van der Waals surface area contributed by atoms with Gasteiger partial charge in [-0.05, 0) is 35.2 Å². The van der Waals surface area contributed by atoms with Gasteiger partial charge in [0.25, 0.3) is 5.91 Å². The van der Waals surface area contributed by atoms with E-state index in [9.17, 15) is 9.59 Å². The molecule has 2 amide bonds. The smallest absolute Gasteiger partial charge is 0.260 e. The number of halogens is 2. The van der Waals surface area contributed by atoms with Crippen molar-refractivity contribution < 1.29 is 14.3 Å². The lowest BCUT2D eigenvalue weighted by Gasteiger charge is -2.20. The first-order chi connectivity index (χ1) is 13.1. The van der Waals surface area contributed by atoms with Crippen molar-refractivity contribution in [1.29, 1.82) is 0 Å². The van der Waals surface area contributed by atoms with Crippen LogP contribution in [-0.4, -0.2) is 36.9 Å². The summed E-state index contributed by atoms with van der Waals surface area (Å²) in [6.45, 7) is 6.07. The van der Waals surface area contributed by atoms with Crippen LogP contribution in [0.5, 0.6) is 5.75 Å². The van der Waals surface area contributed by atoms with E-state index in [4.69, 9.17) is 27.9 Å². The van der Waals surface area contributed by atoms with Crippen LogP contribution in [0.1, 0.15) is 26.3 Å². The summed E-state index contributed by atoms with van der Waals surface area (Å²) in [6, 6.07) is 12.5. The molecule has 0 radical (unpaired) electrons. The Morgan fingerprint density at radius 3 is 2.14 bits per heavy atom. The van der Waals surface area contributed by atoms with Gasteiger partial charge in [0.2, 0.25) is 5.91 Å². The molecule has 7 heteroatoms. The van der Waals surface area contributed by atoms with Crippen molar-refractivity contribution in [1.82, 2.24) is 4.90 Å². The highest BCUT2D eigenvalue weighted by molar-refractivity contribution is 6.39. The molecular formula is C21H24Cl2N2O3. The quantitative estimate of drug-likeness (QED) is 0.729. The van der Waals surface area contributed by atoms with Crippen LogP contribution in [0.4, 0.5) is 5.69 Å². The zero-order valence-electron chi connectivity index (χ0n) is 16.4. The van der Waals surface area contributed by atoms with Crippen LogP contribution < -0.4 is 10.1 Å². The summed E-state index contributed by atoms with van der Waals surface area (Å²) in [5.74, 6) is -0.122. The Kier molecular flexibility index (Phi) is 7.33. The molecular weight excluding hydrogens is 399 g/mol. The molecule has 0 unspecified atom stereocenters. The van der Waals surface area contributed by atoms with E-state index >= 15 is 0 Å². The van der Waals surface area contributed by atoms with E-state index < -0.39 is 5.91 Å². The molecule has 2 aromatic carbocycles. The molecule has 0 saturated heterocycles. The number of para-hydroxylation sites is 1. The lowest BCUT2D eigenvalue weighted by atomic mass is 9.87. The molecule has 0 saturated carbocycles. The third-order valence-electron chi connectivity index (χ3n) is 4.12. The summed E-state index contributed by atoms with van der Waals surface area (Å²) < 4.78 is 5.53. The number of hydrogen-bond acceptors (Lipinski definition) is 3.